The van der Waals surface area contributed by atoms with Gasteiger partial charge in [0.05, 0.1) is 22.8 Å². The molecule has 1 aromatic heterocycles. The number of halogens is 3. The molecule has 5 nitrogen and oxygen atoms in total. The summed E-state index contributed by atoms with van der Waals surface area (Å²) in [6.45, 7) is 1.43. The Hall–Kier alpha value is -2.83. The van der Waals surface area contributed by atoms with Crippen molar-refractivity contribution in [2.75, 3.05) is 11.4 Å². The van der Waals surface area contributed by atoms with E-state index in [4.69, 9.17) is 28.3 Å². The molecule has 2 heterocycles. The number of carbonyl (C=O) groups is 1. The van der Waals surface area contributed by atoms with Crippen LogP contribution in [0.15, 0.2) is 53.3 Å². The van der Waals surface area contributed by atoms with Gasteiger partial charge in [0.15, 0.2) is 0 Å². The van der Waals surface area contributed by atoms with Gasteiger partial charge >= 0.3 is 5.97 Å². The van der Waals surface area contributed by atoms with Crippen LogP contribution in [0, 0.1) is 5.82 Å². The first-order chi connectivity index (χ1) is 14.8. The molecule has 0 fully saturated rings. The van der Waals surface area contributed by atoms with Gasteiger partial charge in [-0.25, -0.2) is 9.18 Å². The van der Waals surface area contributed by atoms with Crippen molar-refractivity contribution in [3.05, 3.63) is 97.1 Å². The lowest BCUT2D eigenvalue weighted by atomic mass is 10.1. The van der Waals surface area contributed by atoms with Gasteiger partial charge in [-0.2, -0.15) is 0 Å². The van der Waals surface area contributed by atoms with Crippen molar-refractivity contribution in [3.8, 4) is 0 Å². The molecule has 3 aromatic rings. The Morgan fingerprint density at radius 3 is 2.52 bits per heavy atom. The van der Waals surface area contributed by atoms with E-state index in [9.17, 15) is 14.0 Å². The predicted octanol–water partition coefficient (Wildman–Crippen LogP) is 4.80. The van der Waals surface area contributed by atoms with Crippen LogP contribution in [-0.4, -0.2) is 22.2 Å². The molecule has 1 aliphatic rings. The number of aromatic carboxylic acids is 1. The Labute approximate surface area is 188 Å². The highest BCUT2D eigenvalue weighted by Gasteiger charge is 2.23. The monoisotopic (exact) mass is 460 g/mol. The molecule has 0 saturated heterocycles. The minimum atomic E-state index is -0.988. The molecule has 31 heavy (non-hydrogen) atoms. The summed E-state index contributed by atoms with van der Waals surface area (Å²) in [4.78, 5) is 25.9. The number of nitrogens with zero attached hydrogens (tertiary/aromatic N) is 2. The van der Waals surface area contributed by atoms with E-state index in [2.05, 4.69) is 4.90 Å². The summed E-state index contributed by atoms with van der Waals surface area (Å²) >= 11 is 12.6. The maximum atomic E-state index is 13.5. The maximum absolute atomic E-state index is 13.5. The molecule has 0 saturated carbocycles. The van der Waals surface area contributed by atoms with Crippen LogP contribution < -0.4 is 10.5 Å². The predicted molar refractivity (Wildman–Crippen MR) is 119 cm³/mol. The van der Waals surface area contributed by atoms with Crippen molar-refractivity contribution in [3.63, 3.8) is 0 Å². The number of hydrogen-bond acceptors (Lipinski definition) is 3. The normalized spacial score (nSPS) is 12.8. The first kappa shape index (κ1) is 21.4. The molecule has 4 rings (SSSR count). The summed E-state index contributed by atoms with van der Waals surface area (Å²) in [5.41, 5.74) is 3.25. The summed E-state index contributed by atoms with van der Waals surface area (Å²) in [6.07, 6.45) is 1.23. The van der Waals surface area contributed by atoms with E-state index in [1.54, 1.807) is 22.8 Å². The first-order valence-corrected chi connectivity index (χ1v) is 10.5. The summed E-state index contributed by atoms with van der Waals surface area (Å²) in [6, 6.07) is 12.7. The van der Waals surface area contributed by atoms with Crippen molar-refractivity contribution in [2.45, 2.75) is 25.9 Å². The van der Waals surface area contributed by atoms with Crippen LogP contribution in [0.3, 0.4) is 0 Å². The van der Waals surface area contributed by atoms with Crippen molar-refractivity contribution in [1.82, 2.24) is 4.57 Å². The number of carboxylic acids is 1. The van der Waals surface area contributed by atoms with Gasteiger partial charge in [0.25, 0.3) is 5.56 Å². The fourth-order valence-electron chi connectivity index (χ4n) is 3.87. The number of aryl methyl sites for hydroxylation is 1. The molecular formula is C23H19Cl2FN2O3. The zero-order valence-electron chi connectivity index (χ0n) is 16.4. The fourth-order valence-corrected chi connectivity index (χ4v) is 4.41. The van der Waals surface area contributed by atoms with Gasteiger partial charge in [-0.05, 0) is 60.4 Å². The van der Waals surface area contributed by atoms with Gasteiger partial charge in [-0.1, -0.05) is 35.3 Å². The lowest BCUT2D eigenvalue weighted by molar-refractivity contribution is 0.0697. The topological polar surface area (TPSA) is 62.5 Å². The van der Waals surface area contributed by atoms with Crippen LogP contribution in [0.2, 0.25) is 10.0 Å². The lowest BCUT2D eigenvalue weighted by Crippen LogP contribution is -2.30. The van der Waals surface area contributed by atoms with Gasteiger partial charge in [-0.3, -0.25) is 4.79 Å². The molecule has 0 unspecified atom stereocenters. The van der Waals surface area contributed by atoms with Gasteiger partial charge < -0.3 is 14.6 Å². The first-order valence-electron chi connectivity index (χ1n) is 9.77. The molecule has 0 amide bonds. The second-order valence-corrected chi connectivity index (χ2v) is 8.25. The molecule has 1 N–H and O–H groups in total. The number of aromatic nitrogens is 1. The third-order valence-corrected chi connectivity index (χ3v) is 6.10. The van der Waals surface area contributed by atoms with E-state index in [1.807, 2.05) is 0 Å². The smallest absolute Gasteiger partial charge is 0.335 e. The van der Waals surface area contributed by atoms with Crippen LogP contribution in [0.1, 0.15) is 27.2 Å². The van der Waals surface area contributed by atoms with E-state index < -0.39 is 5.97 Å². The van der Waals surface area contributed by atoms with E-state index >= 15 is 0 Å². The van der Waals surface area contributed by atoms with Crippen LogP contribution >= 0.6 is 23.2 Å². The van der Waals surface area contributed by atoms with Gasteiger partial charge in [0.1, 0.15) is 10.8 Å². The van der Waals surface area contributed by atoms with Crippen LogP contribution in [0.4, 0.5) is 10.1 Å². The molecular weight excluding hydrogens is 442 g/mol. The Morgan fingerprint density at radius 2 is 1.81 bits per heavy atom. The molecule has 0 atom stereocenters. The minimum Gasteiger partial charge on any atom is -0.478 e. The maximum Gasteiger partial charge on any atom is 0.335 e. The minimum absolute atomic E-state index is 0.0406. The summed E-state index contributed by atoms with van der Waals surface area (Å²) in [5.74, 6) is -1.26. The highest BCUT2D eigenvalue weighted by Crippen LogP contribution is 2.31. The SMILES string of the molecule is O=C(O)c1ccc(CCn2c(CN3CCc4cc(F)ccc43)c(Cl)cc(Cl)c2=O)cc1. The van der Waals surface area contributed by atoms with Crippen molar-refractivity contribution in [1.29, 1.82) is 0 Å². The molecule has 0 bridgehead atoms. The van der Waals surface area contributed by atoms with Crippen LogP contribution in [-0.2, 0) is 25.9 Å². The molecule has 2 aromatic carbocycles. The van der Waals surface area contributed by atoms with Gasteiger partial charge in [0, 0.05) is 18.8 Å². The van der Waals surface area contributed by atoms with E-state index in [-0.39, 0.29) is 22.0 Å². The van der Waals surface area contributed by atoms with Crippen LogP contribution in [0.25, 0.3) is 0 Å². The average Bonchev–Trinajstić information content (AvgIpc) is 3.13. The second kappa shape index (κ2) is 8.73. The number of benzene rings is 2. The zero-order valence-corrected chi connectivity index (χ0v) is 18.0. The number of anilines is 1. The number of carboxylic acid groups (broad SMARTS) is 1. The Bertz CT molecular complexity index is 1210. The molecule has 0 aliphatic carbocycles. The highest BCUT2D eigenvalue weighted by molar-refractivity contribution is 6.34. The largest absolute Gasteiger partial charge is 0.478 e. The Balaban J connectivity index is 1.61. The molecule has 1 aliphatic heterocycles. The summed E-state index contributed by atoms with van der Waals surface area (Å²) in [7, 11) is 0. The third-order valence-electron chi connectivity index (χ3n) is 5.50. The fraction of sp³-hybridized carbons (Fsp3) is 0.217. The Morgan fingerprint density at radius 1 is 1.06 bits per heavy atom. The average molecular weight is 461 g/mol. The molecule has 0 spiro atoms. The molecule has 0 radical (unpaired) electrons. The van der Waals surface area contributed by atoms with Crippen LogP contribution in [0.5, 0.6) is 0 Å². The Kier molecular flexibility index (Phi) is 6.03. The number of rotatable bonds is 6. The van der Waals surface area contributed by atoms with Crippen molar-refractivity contribution >= 4 is 34.9 Å². The summed E-state index contributed by atoms with van der Waals surface area (Å²) in [5, 5.41) is 9.47. The summed E-state index contributed by atoms with van der Waals surface area (Å²) < 4.78 is 15.1. The second-order valence-electron chi connectivity index (χ2n) is 7.44. The lowest BCUT2D eigenvalue weighted by Gasteiger charge is -2.23. The van der Waals surface area contributed by atoms with Gasteiger partial charge in [0.2, 0.25) is 0 Å². The standard InChI is InChI=1S/C23H19Cl2FN2O3/c24-18-12-19(25)22(29)28(10-7-14-1-3-15(4-2-14)23(30)31)21(18)13-27-9-8-16-11-17(26)5-6-20(16)27/h1-6,11-12H,7-10,13H2,(H,30,31). The highest BCUT2D eigenvalue weighted by atomic mass is 35.5. The quantitative estimate of drug-likeness (QED) is 0.573. The molecule has 8 heteroatoms. The van der Waals surface area contributed by atoms with E-state index in [0.717, 1.165) is 23.2 Å². The number of fused-ring (bicyclic) bond motifs is 1. The van der Waals surface area contributed by atoms with Crippen molar-refractivity contribution in [2.24, 2.45) is 0 Å². The molecule has 160 valence electrons. The number of pyridine rings is 1. The van der Waals surface area contributed by atoms with Crippen molar-refractivity contribution < 1.29 is 14.3 Å². The van der Waals surface area contributed by atoms with E-state index in [1.165, 1.54) is 30.3 Å². The third kappa shape index (κ3) is 4.45. The van der Waals surface area contributed by atoms with Gasteiger partial charge in [-0.15, -0.1) is 0 Å². The number of hydrogen-bond donors (Lipinski definition) is 1. The van der Waals surface area contributed by atoms with E-state index in [0.29, 0.717) is 36.8 Å². The zero-order chi connectivity index (χ0) is 22.1.